The Labute approximate surface area is 161 Å². The third-order valence-corrected chi connectivity index (χ3v) is 4.80. The summed E-state index contributed by atoms with van der Waals surface area (Å²) in [6, 6.07) is 17.9. The quantitative estimate of drug-likeness (QED) is 0.781. The fraction of sp³-hybridized carbons (Fsp3) is 0.364. The summed E-state index contributed by atoms with van der Waals surface area (Å²) in [6.07, 6.45) is 3.46. The van der Waals surface area contributed by atoms with Gasteiger partial charge in [-0.2, -0.15) is 0 Å². The van der Waals surface area contributed by atoms with Crippen molar-refractivity contribution in [2.75, 3.05) is 36.9 Å². The standard InChI is InChI=1S/C22H27N3O2/c1-24(15-7-11-18-9-3-2-4-10-18)17-21(26)23-19-12-5-6-13-20(19)25-16-8-14-22(25)27/h2-6,9-10,12-13H,7-8,11,14-17H2,1H3,(H,23,26). The van der Waals surface area contributed by atoms with Crippen LogP contribution >= 0.6 is 0 Å². The number of hydrogen-bond acceptors (Lipinski definition) is 3. The first kappa shape index (κ1) is 19.1. The van der Waals surface area contributed by atoms with E-state index in [9.17, 15) is 9.59 Å². The van der Waals surface area contributed by atoms with Crippen LogP contribution < -0.4 is 10.2 Å². The van der Waals surface area contributed by atoms with E-state index in [-0.39, 0.29) is 11.8 Å². The molecule has 27 heavy (non-hydrogen) atoms. The molecule has 3 rings (SSSR count). The number of para-hydroxylation sites is 2. The Bertz CT molecular complexity index is 776. The summed E-state index contributed by atoms with van der Waals surface area (Å²) in [5.74, 6) is 0.0611. The van der Waals surface area contributed by atoms with Crippen LogP contribution in [0.5, 0.6) is 0 Å². The Balaban J connectivity index is 1.50. The summed E-state index contributed by atoms with van der Waals surface area (Å²) in [6.45, 7) is 1.90. The molecule has 1 aliphatic rings. The van der Waals surface area contributed by atoms with Gasteiger partial charge in [0, 0.05) is 13.0 Å². The fourth-order valence-corrected chi connectivity index (χ4v) is 3.43. The molecule has 1 saturated heterocycles. The van der Waals surface area contributed by atoms with Gasteiger partial charge in [-0.3, -0.25) is 14.5 Å². The molecule has 142 valence electrons. The van der Waals surface area contributed by atoms with E-state index in [1.54, 1.807) is 4.90 Å². The second kappa shape index (κ2) is 9.33. The van der Waals surface area contributed by atoms with Crippen molar-refractivity contribution in [1.82, 2.24) is 4.90 Å². The number of aryl methyl sites for hydroxylation is 1. The van der Waals surface area contributed by atoms with E-state index >= 15 is 0 Å². The van der Waals surface area contributed by atoms with E-state index in [0.29, 0.717) is 25.2 Å². The van der Waals surface area contributed by atoms with Crippen LogP contribution in [0.3, 0.4) is 0 Å². The first-order valence-corrected chi connectivity index (χ1v) is 9.55. The molecule has 1 N–H and O–H groups in total. The van der Waals surface area contributed by atoms with Gasteiger partial charge in [0.05, 0.1) is 17.9 Å². The molecule has 0 atom stereocenters. The maximum Gasteiger partial charge on any atom is 0.238 e. The molecule has 0 radical (unpaired) electrons. The molecule has 0 saturated carbocycles. The lowest BCUT2D eigenvalue weighted by Crippen LogP contribution is -2.32. The van der Waals surface area contributed by atoms with E-state index in [4.69, 9.17) is 0 Å². The minimum Gasteiger partial charge on any atom is -0.323 e. The molecule has 0 aliphatic carbocycles. The zero-order valence-electron chi connectivity index (χ0n) is 15.9. The summed E-state index contributed by atoms with van der Waals surface area (Å²) < 4.78 is 0. The fourth-order valence-electron chi connectivity index (χ4n) is 3.43. The van der Waals surface area contributed by atoms with E-state index < -0.39 is 0 Å². The van der Waals surface area contributed by atoms with Crippen molar-refractivity contribution < 1.29 is 9.59 Å². The van der Waals surface area contributed by atoms with Crippen LogP contribution in [-0.2, 0) is 16.0 Å². The van der Waals surface area contributed by atoms with Crippen LogP contribution in [0.4, 0.5) is 11.4 Å². The number of nitrogens with zero attached hydrogens (tertiary/aromatic N) is 2. The average molecular weight is 365 g/mol. The molecule has 0 aromatic heterocycles. The lowest BCUT2D eigenvalue weighted by Gasteiger charge is -2.21. The zero-order chi connectivity index (χ0) is 19.1. The number of likely N-dealkylation sites (N-methyl/N-ethyl adjacent to an activating group) is 1. The van der Waals surface area contributed by atoms with Crippen LogP contribution in [0, 0.1) is 0 Å². The van der Waals surface area contributed by atoms with Crippen molar-refractivity contribution in [2.24, 2.45) is 0 Å². The molecule has 5 heteroatoms. The van der Waals surface area contributed by atoms with Gasteiger partial charge >= 0.3 is 0 Å². The summed E-state index contributed by atoms with van der Waals surface area (Å²) in [4.78, 5) is 28.3. The normalized spacial score (nSPS) is 14.0. The van der Waals surface area contributed by atoms with Gasteiger partial charge in [0.1, 0.15) is 0 Å². The Kier molecular flexibility index (Phi) is 6.60. The van der Waals surface area contributed by atoms with Gasteiger partial charge in [-0.15, -0.1) is 0 Å². The molecule has 1 heterocycles. The maximum absolute atomic E-state index is 12.4. The van der Waals surface area contributed by atoms with Crippen LogP contribution in [0.25, 0.3) is 0 Å². The number of nitrogens with one attached hydrogen (secondary N) is 1. The predicted molar refractivity (Wildman–Crippen MR) is 109 cm³/mol. The predicted octanol–water partition coefficient (Wildman–Crippen LogP) is 3.32. The second-order valence-electron chi connectivity index (χ2n) is 7.04. The molecule has 2 aromatic carbocycles. The van der Waals surface area contributed by atoms with Gasteiger partial charge in [0.2, 0.25) is 11.8 Å². The van der Waals surface area contributed by atoms with Crippen molar-refractivity contribution in [3.8, 4) is 0 Å². The molecule has 0 unspecified atom stereocenters. The van der Waals surface area contributed by atoms with E-state index in [1.165, 1.54) is 5.56 Å². The van der Waals surface area contributed by atoms with Crippen molar-refractivity contribution in [3.63, 3.8) is 0 Å². The van der Waals surface area contributed by atoms with Crippen molar-refractivity contribution >= 4 is 23.2 Å². The number of anilines is 2. The third-order valence-electron chi connectivity index (χ3n) is 4.80. The Morgan fingerprint density at radius 2 is 1.85 bits per heavy atom. The average Bonchev–Trinajstić information content (AvgIpc) is 3.09. The molecular weight excluding hydrogens is 338 g/mol. The Morgan fingerprint density at radius 1 is 1.11 bits per heavy atom. The summed E-state index contributed by atoms with van der Waals surface area (Å²) in [7, 11) is 1.96. The van der Waals surface area contributed by atoms with Crippen LogP contribution in [0.2, 0.25) is 0 Å². The molecular formula is C22H27N3O2. The van der Waals surface area contributed by atoms with Gasteiger partial charge in [0.15, 0.2) is 0 Å². The van der Waals surface area contributed by atoms with Crippen molar-refractivity contribution in [1.29, 1.82) is 0 Å². The van der Waals surface area contributed by atoms with Gasteiger partial charge in [0.25, 0.3) is 0 Å². The second-order valence-corrected chi connectivity index (χ2v) is 7.04. The summed E-state index contributed by atoms with van der Waals surface area (Å²) in [5.41, 5.74) is 2.81. The number of amides is 2. The van der Waals surface area contributed by atoms with Gasteiger partial charge < -0.3 is 10.2 Å². The number of carbonyl (C=O) groups excluding carboxylic acids is 2. The maximum atomic E-state index is 12.4. The van der Waals surface area contributed by atoms with Crippen LogP contribution in [0.1, 0.15) is 24.8 Å². The van der Waals surface area contributed by atoms with Crippen molar-refractivity contribution in [2.45, 2.75) is 25.7 Å². The lowest BCUT2D eigenvalue weighted by atomic mass is 10.1. The van der Waals surface area contributed by atoms with E-state index in [1.807, 2.05) is 42.3 Å². The third kappa shape index (κ3) is 5.41. The molecule has 0 spiro atoms. The first-order valence-electron chi connectivity index (χ1n) is 9.55. The highest BCUT2D eigenvalue weighted by atomic mass is 16.2. The molecule has 1 aliphatic heterocycles. The molecule has 2 amide bonds. The van der Waals surface area contributed by atoms with Gasteiger partial charge in [-0.1, -0.05) is 42.5 Å². The molecule has 2 aromatic rings. The Morgan fingerprint density at radius 3 is 2.59 bits per heavy atom. The smallest absolute Gasteiger partial charge is 0.238 e. The number of carbonyl (C=O) groups is 2. The van der Waals surface area contributed by atoms with Gasteiger partial charge in [-0.05, 0) is 50.6 Å². The zero-order valence-corrected chi connectivity index (χ0v) is 15.9. The molecule has 5 nitrogen and oxygen atoms in total. The van der Waals surface area contributed by atoms with Crippen LogP contribution in [-0.4, -0.2) is 43.4 Å². The lowest BCUT2D eigenvalue weighted by molar-refractivity contribution is -0.118. The Hall–Kier alpha value is -2.66. The van der Waals surface area contributed by atoms with Crippen LogP contribution in [0.15, 0.2) is 54.6 Å². The summed E-state index contributed by atoms with van der Waals surface area (Å²) >= 11 is 0. The number of hydrogen-bond donors (Lipinski definition) is 1. The first-order chi connectivity index (χ1) is 13.1. The summed E-state index contributed by atoms with van der Waals surface area (Å²) in [5, 5.41) is 2.97. The highest BCUT2D eigenvalue weighted by molar-refractivity contribution is 6.02. The minimum atomic E-state index is -0.0590. The molecule has 0 bridgehead atoms. The monoisotopic (exact) mass is 365 g/mol. The van der Waals surface area contributed by atoms with Crippen molar-refractivity contribution in [3.05, 3.63) is 60.2 Å². The number of benzene rings is 2. The minimum absolute atomic E-state index is 0.0590. The van der Waals surface area contributed by atoms with E-state index in [0.717, 1.165) is 31.5 Å². The van der Waals surface area contributed by atoms with E-state index in [2.05, 4.69) is 29.6 Å². The highest BCUT2D eigenvalue weighted by Gasteiger charge is 2.24. The largest absolute Gasteiger partial charge is 0.323 e. The van der Waals surface area contributed by atoms with Gasteiger partial charge in [-0.25, -0.2) is 0 Å². The highest BCUT2D eigenvalue weighted by Crippen LogP contribution is 2.29. The number of rotatable bonds is 8. The molecule has 1 fully saturated rings. The SMILES string of the molecule is CN(CCCc1ccccc1)CC(=O)Nc1ccccc1N1CCCC1=O. The topological polar surface area (TPSA) is 52.7 Å².